The molecule has 0 amide bonds. The van der Waals surface area contributed by atoms with Crippen molar-refractivity contribution in [3.63, 3.8) is 0 Å². The average Bonchev–Trinajstić information content (AvgIpc) is 2.18. The van der Waals surface area contributed by atoms with Crippen LogP contribution in [0.1, 0.15) is 16.1 Å². The predicted octanol–water partition coefficient (Wildman–Crippen LogP) is 0.859. The van der Waals surface area contributed by atoms with E-state index in [4.69, 9.17) is 14.6 Å². The summed E-state index contributed by atoms with van der Waals surface area (Å²) in [4.78, 5) is 14.7. The van der Waals surface area contributed by atoms with Crippen LogP contribution in [-0.2, 0) is 0 Å². The largest absolute Gasteiger partial charge is 0.485 e. The standard InChI is InChI=1S/C9H9NO4/c1-5-7-8(14-3-2-13-7)6(4-10-5)9(11)12/h4H,2-3H2,1H3,(H,11,12). The van der Waals surface area contributed by atoms with Gasteiger partial charge in [0, 0.05) is 6.20 Å². The van der Waals surface area contributed by atoms with E-state index in [1.165, 1.54) is 6.20 Å². The lowest BCUT2D eigenvalue weighted by molar-refractivity contribution is 0.0685. The maximum Gasteiger partial charge on any atom is 0.341 e. The lowest BCUT2D eigenvalue weighted by Gasteiger charge is -2.20. The van der Waals surface area contributed by atoms with Crippen LogP contribution in [0.5, 0.6) is 11.5 Å². The van der Waals surface area contributed by atoms with Crippen molar-refractivity contribution in [3.8, 4) is 11.5 Å². The Hall–Kier alpha value is -1.78. The van der Waals surface area contributed by atoms with Crippen LogP contribution in [0.25, 0.3) is 0 Å². The summed E-state index contributed by atoms with van der Waals surface area (Å²) in [5.74, 6) is -0.327. The number of aryl methyl sites for hydroxylation is 1. The SMILES string of the molecule is Cc1ncc(C(=O)O)c2c1OCCO2. The summed E-state index contributed by atoms with van der Waals surface area (Å²) < 4.78 is 10.5. The molecule has 0 spiro atoms. The molecule has 0 saturated carbocycles. The zero-order valence-corrected chi connectivity index (χ0v) is 7.61. The van der Waals surface area contributed by atoms with Gasteiger partial charge >= 0.3 is 5.97 Å². The molecular weight excluding hydrogens is 186 g/mol. The summed E-state index contributed by atoms with van der Waals surface area (Å²) in [7, 11) is 0. The van der Waals surface area contributed by atoms with E-state index >= 15 is 0 Å². The molecule has 1 aromatic rings. The molecular formula is C9H9NO4. The van der Waals surface area contributed by atoms with Crippen molar-refractivity contribution >= 4 is 5.97 Å². The van der Waals surface area contributed by atoms with Crippen LogP contribution in [0.2, 0.25) is 0 Å². The highest BCUT2D eigenvalue weighted by Gasteiger charge is 2.22. The number of carbonyl (C=O) groups is 1. The number of hydrogen-bond acceptors (Lipinski definition) is 4. The minimum atomic E-state index is -1.06. The number of hydrogen-bond donors (Lipinski definition) is 1. The highest BCUT2D eigenvalue weighted by Crippen LogP contribution is 2.35. The van der Waals surface area contributed by atoms with Crippen molar-refractivity contribution in [1.29, 1.82) is 0 Å². The number of pyridine rings is 1. The van der Waals surface area contributed by atoms with Crippen LogP contribution in [-0.4, -0.2) is 29.3 Å². The van der Waals surface area contributed by atoms with Crippen LogP contribution in [0, 0.1) is 6.92 Å². The number of carboxylic acid groups (broad SMARTS) is 1. The van der Waals surface area contributed by atoms with E-state index in [9.17, 15) is 4.79 Å². The first-order valence-corrected chi connectivity index (χ1v) is 4.18. The van der Waals surface area contributed by atoms with E-state index in [2.05, 4.69) is 4.98 Å². The average molecular weight is 195 g/mol. The Bertz CT molecular complexity index is 389. The van der Waals surface area contributed by atoms with Crippen molar-refractivity contribution in [2.45, 2.75) is 6.92 Å². The van der Waals surface area contributed by atoms with Crippen LogP contribution in [0.4, 0.5) is 0 Å². The molecule has 1 aliphatic rings. The number of rotatable bonds is 1. The summed E-state index contributed by atoms with van der Waals surface area (Å²) in [5, 5.41) is 8.86. The van der Waals surface area contributed by atoms with Crippen LogP contribution in [0.15, 0.2) is 6.20 Å². The van der Waals surface area contributed by atoms with Gasteiger partial charge in [-0.2, -0.15) is 0 Å². The highest BCUT2D eigenvalue weighted by atomic mass is 16.6. The normalized spacial score (nSPS) is 13.8. The van der Waals surface area contributed by atoms with E-state index in [-0.39, 0.29) is 11.3 Å². The summed E-state index contributed by atoms with van der Waals surface area (Å²) in [5.41, 5.74) is 0.690. The van der Waals surface area contributed by atoms with Gasteiger partial charge in [0.2, 0.25) is 0 Å². The Labute approximate surface area is 80.3 Å². The quantitative estimate of drug-likeness (QED) is 0.719. The van der Waals surface area contributed by atoms with Gasteiger partial charge in [-0.05, 0) is 6.92 Å². The summed E-state index contributed by atoms with van der Waals surface area (Å²) in [6.07, 6.45) is 1.28. The molecule has 5 heteroatoms. The Morgan fingerprint density at radius 2 is 2.07 bits per heavy atom. The van der Waals surface area contributed by atoms with E-state index in [1.807, 2.05) is 0 Å². The van der Waals surface area contributed by atoms with Gasteiger partial charge in [0.15, 0.2) is 11.5 Å². The van der Waals surface area contributed by atoms with E-state index in [0.29, 0.717) is 24.7 Å². The fourth-order valence-electron chi connectivity index (χ4n) is 1.32. The second-order valence-corrected chi connectivity index (χ2v) is 2.92. The van der Waals surface area contributed by atoms with E-state index in [1.54, 1.807) is 6.92 Å². The zero-order chi connectivity index (χ0) is 10.1. The summed E-state index contributed by atoms with van der Waals surface area (Å²) in [6, 6.07) is 0. The molecule has 5 nitrogen and oxygen atoms in total. The number of carboxylic acids is 1. The maximum atomic E-state index is 10.8. The molecule has 0 saturated heterocycles. The second kappa shape index (κ2) is 3.17. The van der Waals surface area contributed by atoms with Gasteiger partial charge in [-0.1, -0.05) is 0 Å². The highest BCUT2D eigenvalue weighted by molar-refractivity contribution is 5.91. The third-order valence-corrected chi connectivity index (χ3v) is 1.97. The molecule has 0 bridgehead atoms. The Morgan fingerprint density at radius 1 is 1.43 bits per heavy atom. The molecule has 0 atom stereocenters. The molecule has 2 heterocycles. The molecule has 0 radical (unpaired) electrons. The fourth-order valence-corrected chi connectivity index (χ4v) is 1.32. The van der Waals surface area contributed by atoms with E-state index < -0.39 is 5.97 Å². The number of aromatic nitrogens is 1. The fraction of sp³-hybridized carbons (Fsp3) is 0.333. The monoisotopic (exact) mass is 195 g/mol. The van der Waals surface area contributed by atoms with Gasteiger partial charge < -0.3 is 14.6 Å². The van der Waals surface area contributed by atoms with Gasteiger partial charge in [0.25, 0.3) is 0 Å². The van der Waals surface area contributed by atoms with Gasteiger partial charge in [-0.25, -0.2) is 4.79 Å². The van der Waals surface area contributed by atoms with E-state index in [0.717, 1.165) is 0 Å². The van der Waals surface area contributed by atoms with Crippen molar-refractivity contribution in [2.75, 3.05) is 13.2 Å². The minimum absolute atomic E-state index is 0.0466. The van der Waals surface area contributed by atoms with Gasteiger partial charge in [0.05, 0.1) is 5.69 Å². The molecule has 1 aromatic heterocycles. The van der Waals surface area contributed by atoms with Crippen LogP contribution >= 0.6 is 0 Å². The van der Waals surface area contributed by atoms with Gasteiger partial charge in [0.1, 0.15) is 18.8 Å². The van der Waals surface area contributed by atoms with Gasteiger partial charge in [-0.15, -0.1) is 0 Å². The Morgan fingerprint density at radius 3 is 2.71 bits per heavy atom. The Balaban J connectivity index is 2.59. The first-order chi connectivity index (χ1) is 6.70. The minimum Gasteiger partial charge on any atom is -0.485 e. The summed E-state index contributed by atoms with van der Waals surface area (Å²) >= 11 is 0. The number of ether oxygens (including phenoxy) is 2. The summed E-state index contributed by atoms with van der Waals surface area (Å²) in [6.45, 7) is 2.55. The Kier molecular flexibility index (Phi) is 1.99. The topological polar surface area (TPSA) is 68.7 Å². The third-order valence-electron chi connectivity index (χ3n) is 1.97. The second-order valence-electron chi connectivity index (χ2n) is 2.92. The number of nitrogens with zero attached hydrogens (tertiary/aromatic N) is 1. The van der Waals surface area contributed by atoms with Crippen LogP contribution < -0.4 is 9.47 Å². The third kappa shape index (κ3) is 1.26. The zero-order valence-electron chi connectivity index (χ0n) is 7.61. The van der Waals surface area contributed by atoms with Crippen molar-refractivity contribution < 1.29 is 19.4 Å². The van der Waals surface area contributed by atoms with Crippen molar-refractivity contribution in [1.82, 2.24) is 4.98 Å². The molecule has 14 heavy (non-hydrogen) atoms. The van der Waals surface area contributed by atoms with Gasteiger partial charge in [-0.3, -0.25) is 4.98 Å². The molecule has 0 unspecified atom stereocenters. The lowest BCUT2D eigenvalue weighted by Crippen LogP contribution is -2.19. The molecule has 0 fully saturated rings. The lowest BCUT2D eigenvalue weighted by atomic mass is 10.2. The molecule has 1 N–H and O–H groups in total. The first kappa shape index (κ1) is 8.80. The first-order valence-electron chi connectivity index (χ1n) is 4.18. The number of fused-ring (bicyclic) bond motifs is 1. The molecule has 1 aliphatic heterocycles. The predicted molar refractivity (Wildman–Crippen MR) is 46.9 cm³/mol. The molecule has 2 rings (SSSR count). The van der Waals surface area contributed by atoms with Crippen molar-refractivity contribution in [3.05, 3.63) is 17.5 Å². The van der Waals surface area contributed by atoms with Crippen molar-refractivity contribution in [2.24, 2.45) is 0 Å². The van der Waals surface area contributed by atoms with Crippen LogP contribution in [0.3, 0.4) is 0 Å². The smallest absolute Gasteiger partial charge is 0.341 e. The number of aromatic carboxylic acids is 1. The molecule has 74 valence electrons. The molecule has 0 aliphatic carbocycles. The molecule has 0 aromatic carbocycles. The maximum absolute atomic E-state index is 10.8.